The van der Waals surface area contributed by atoms with Gasteiger partial charge in [-0.2, -0.15) is 13.2 Å². The molecule has 0 fully saturated rings. The van der Waals surface area contributed by atoms with Gasteiger partial charge in [0.1, 0.15) is 0 Å². The molecule has 0 bridgehead atoms. The zero-order valence-electron chi connectivity index (χ0n) is 8.60. The largest absolute Gasteiger partial charge is 0.414 e. The van der Waals surface area contributed by atoms with Crippen molar-refractivity contribution < 1.29 is 18.3 Å². The van der Waals surface area contributed by atoms with Crippen molar-refractivity contribution in [2.24, 2.45) is 0 Å². The van der Waals surface area contributed by atoms with E-state index in [0.717, 1.165) is 11.1 Å². The molecule has 1 N–H and O–H groups in total. The molecule has 0 aliphatic carbocycles. The Hall–Kier alpha value is -1.03. The van der Waals surface area contributed by atoms with Gasteiger partial charge in [-0.15, -0.1) is 0 Å². The van der Waals surface area contributed by atoms with Crippen LogP contribution in [-0.4, -0.2) is 17.4 Å². The SMILES string of the molecule is Cc1cccc(CC(O)C(F)(F)F)c1C. The van der Waals surface area contributed by atoms with Gasteiger partial charge >= 0.3 is 6.18 Å². The predicted molar refractivity (Wildman–Crippen MR) is 51.7 cm³/mol. The Labute approximate surface area is 86.5 Å². The van der Waals surface area contributed by atoms with Crippen LogP contribution in [0, 0.1) is 13.8 Å². The number of hydrogen-bond acceptors (Lipinski definition) is 1. The molecular formula is C11H13F3O. The van der Waals surface area contributed by atoms with Gasteiger partial charge in [0.2, 0.25) is 0 Å². The van der Waals surface area contributed by atoms with Gasteiger partial charge < -0.3 is 5.11 Å². The van der Waals surface area contributed by atoms with Crippen molar-refractivity contribution in [2.75, 3.05) is 0 Å². The van der Waals surface area contributed by atoms with Crippen LogP contribution in [0.15, 0.2) is 18.2 Å². The second kappa shape index (κ2) is 4.23. The first-order chi connectivity index (χ1) is 6.82. The minimum absolute atomic E-state index is 0.378. The Balaban J connectivity index is 2.86. The van der Waals surface area contributed by atoms with Crippen LogP contribution in [0.1, 0.15) is 16.7 Å². The highest BCUT2D eigenvalue weighted by atomic mass is 19.4. The second-order valence-corrected chi connectivity index (χ2v) is 3.62. The molecule has 1 aromatic rings. The number of aliphatic hydroxyl groups is 1. The van der Waals surface area contributed by atoms with Crippen LogP contribution >= 0.6 is 0 Å². The summed E-state index contributed by atoms with van der Waals surface area (Å²) in [5.41, 5.74) is 2.28. The monoisotopic (exact) mass is 218 g/mol. The van der Waals surface area contributed by atoms with Crippen LogP contribution in [-0.2, 0) is 6.42 Å². The van der Waals surface area contributed by atoms with E-state index in [1.54, 1.807) is 19.1 Å². The molecule has 0 saturated heterocycles. The normalized spacial score (nSPS) is 14.0. The molecular weight excluding hydrogens is 205 g/mol. The number of rotatable bonds is 2. The molecule has 1 rings (SSSR count). The summed E-state index contributed by atoms with van der Waals surface area (Å²) >= 11 is 0. The van der Waals surface area contributed by atoms with Crippen LogP contribution in [0.2, 0.25) is 0 Å². The highest BCUT2D eigenvalue weighted by Crippen LogP contribution is 2.24. The first kappa shape index (κ1) is 12.0. The summed E-state index contributed by atoms with van der Waals surface area (Å²) in [5, 5.41) is 8.93. The lowest BCUT2D eigenvalue weighted by Crippen LogP contribution is -2.30. The summed E-state index contributed by atoms with van der Waals surface area (Å²) in [6, 6.07) is 5.14. The summed E-state index contributed by atoms with van der Waals surface area (Å²) in [7, 11) is 0. The van der Waals surface area contributed by atoms with Crippen LogP contribution in [0.5, 0.6) is 0 Å². The Morgan fingerprint density at radius 2 is 1.87 bits per heavy atom. The van der Waals surface area contributed by atoms with Crippen molar-refractivity contribution in [1.82, 2.24) is 0 Å². The number of aryl methyl sites for hydroxylation is 1. The molecule has 0 aliphatic heterocycles. The summed E-state index contributed by atoms with van der Waals surface area (Å²) in [6.45, 7) is 3.59. The fourth-order valence-electron chi connectivity index (χ4n) is 1.36. The predicted octanol–water partition coefficient (Wildman–Crippen LogP) is 2.77. The van der Waals surface area contributed by atoms with Crippen molar-refractivity contribution in [3.63, 3.8) is 0 Å². The minimum atomic E-state index is -4.55. The van der Waals surface area contributed by atoms with Crippen LogP contribution in [0.25, 0.3) is 0 Å². The highest BCUT2D eigenvalue weighted by Gasteiger charge is 2.38. The Morgan fingerprint density at radius 1 is 1.27 bits per heavy atom. The summed E-state index contributed by atoms with van der Waals surface area (Å²) in [4.78, 5) is 0. The van der Waals surface area contributed by atoms with Gasteiger partial charge in [0, 0.05) is 6.42 Å². The maximum absolute atomic E-state index is 12.1. The Kier molecular flexibility index (Phi) is 3.39. The summed E-state index contributed by atoms with van der Waals surface area (Å²) in [6.07, 6.45) is -7.20. The van der Waals surface area contributed by atoms with Crippen LogP contribution < -0.4 is 0 Å². The smallest absolute Gasteiger partial charge is 0.383 e. The third-order valence-electron chi connectivity index (χ3n) is 2.51. The lowest BCUT2D eigenvalue weighted by molar-refractivity contribution is -0.203. The Bertz CT molecular complexity index is 344. The first-order valence-electron chi connectivity index (χ1n) is 4.62. The molecule has 4 heteroatoms. The molecule has 0 radical (unpaired) electrons. The third-order valence-corrected chi connectivity index (χ3v) is 2.51. The highest BCUT2D eigenvalue weighted by molar-refractivity contribution is 5.33. The van der Waals surface area contributed by atoms with Gasteiger partial charge in [-0.05, 0) is 30.5 Å². The van der Waals surface area contributed by atoms with Gasteiger partial charge in [-0.3, -0.25) is 0 Å². The van der Waals surface area contributed by atoms with Crippen LogP contribution in [0.3, 0.4) is 0 Å². The van der Waals surface area contributed by atoms with Crippen molar-refractivity contribution in [3.8, 4) is 0 Å². The van der Waals surface area contributed by atoms with E-state index < -0.39 is 12.3 Å². The number of alkyl halides is 3. The van der Waals surface area contributed by atoms with E-state index in [9.17, 15) is 13.2 Å². The standard InChI is InChI=1S/C11H13F3O/c1-7-4-3-5-9(8(7)2)6-10(15)11(12,13)14/h3-5,10,15H,6H2,1-2H3. The minimum Gasteiger partial charge on any atom is -0.383 e. The van der Waals surface area contributed by atoms with Gasteiger partial charge in [0.15, 0.2) is 6.10 Å². The van der Waals surface area contributed by atoms with Crippen LogP contribution in [0.4, 0.5) is 13.2 Å². The van der Waals surface area contributed by atoms with Crippen molar-refractivity contribution in [3.05, 3.63) is 34.9 Å². The fourth-order valence-corrected chi connectivity index (χ4v) is 1.36. The van der Waals surface area contributed by atoms with Crippen molar-refractivity contribution >= 4 is 0 Å². The third kappa shape index (κ3) is 2.96. The quantitative estimate of drug-likeness (QED) is 0.809. The zero-order chi connectivity index (χ0) is 11.6. The van der Waals surface area contributed by atoms with Gasteiger partial charge in [0.05, 0.1) is 0 Å². The van der Waals surface area contributed by atoms with E-state index in [1.807, 2.05) is 13.0 Å². The number of benzene rings is 1. The van der Waals surface area contributed by atoms with E-state index >= 15 is 0 Å². The molecule has 1 atom stereocenters. The molecule has 1 aromatic carbocycles. The number of aliphatic hydroxyl groups excluding tert-OH is 1. The molecule has 0 saturated carbocycles. The van der Waals surface area contributed by atoms with Crippen molar-refractivity contribution in [1.29, 1.82) is 0 Å². The maximum Gasteiger partial charge on any atom is 0.414 e. The van der Waals surface area contributed by atoms with Crippen molar-refractivity contribution in [2.45, 2.75) is 32.5 Å². The summed E-state index contributed by atoms with van der Waals surface area (Å²) < 4.78 is 36.4. The molecule has 0 aliphatic rings. The average Bonchev–Trinajstić information content (AvgIpc) is 2.11. The molecule has 0 spiro atoms. The second-order valence-electron chi connectivity index (χ2n) is 3.62. The molecule has 0 heterocycles. The first-order valence-corrected chi connectivity index (χ1v) is 4.62. The molecule has 1 unspecified atom stereocenters. The maximum atomic E-state index is 12.1. The fraction of sp³-hybridized carbons (Fsp3) is 0.455. The van der Waals surface area contributed by atoms with Gasteiger partial charge in [0.25, 0.3) is 0 Å². The van der Waals surface area contributed by atoms with E-state index in [0.29, 0.717) is 5.56 Å². The molecule has 0 aromatic heterocycles. The van der Waals surface area contributed by atoms with E-state index in [2.05, 4.69) is 0 Å². The number of hydrogen-bond donors (Lipinski definition) is 1. The zero-order valence-corrected chi connectivity index (χ0v) is 8.60. The molecule has 1 nitrogen and oxygen atoms in total. The molecule has 84 valence electrons. The number of halogens is 3. The van der Waals surface area contributed by atoms with E-state index in [4.69, 9.17) is 5.11 Å². The lowest BCUT2D eigenvalue weighted by atomic mass is 9.98. The van der Waals surface area contributed by atoms with E-state index in [1.165, 1.54) is 0 Å². The van der Waals surface area contributed by atoms with Gasteiger partial charge in [-0.25, -0.2) is 0 Å². The van der Waals surface area contributed by atoms with E-state index in [-0.39, 0.29) is 6.42 Å². The summed E-state index contributed by atoms with van der Waals surface area (Å²) in [5.74, 6) is 0. The Morgan fingerprint density at radius 3 is 2.40 bits per heavy atom. The lowest BCUT2D eigenvalue weighted by Gasteiger charge is -2.16. The molecule has 15 heavy (non-hydrogen) atoms. The van der Waals surface area contributed by atoms with Gasteiger partial charge in [-0.1, -0.05) is 18.2 Å². The molecule has 0 amide bonds. The average molecular weight is 218 g/mol. The topological polar surface area (TPSA) is 20.2 Å².